The van der Waals surface area contributed by atoms with Crippen LogP contribution < -0.4 is 0 Å². The van der Waals surface area contributed by atoms with Crippen LogP contribution in [0.15, 0.2) is 0 Å². The van der Waals surface area contributed by atoms with Gasteiger partial charge in [0.2, 0.25) is 0 Å². The molecule has 0 radical (unpaired) electrons. The summed E-state index contributed by atoms with van der Waals surface area (Å²) in [7, 11) is 0. The number of aliphatic hydroxyl groups is 2. The number of rotatable bonds is 5. The van der Waals surface area contributed by atoms with E-state index < -0.39 is 0 Å². The molecule has 2 N–H and O–H groups in total. The fraction of sp³-hybridized carbons (Fsp3) is 0.625. The van der Waals surface area contributed by atoms with Crippen molar-refractivity contribution in [1.29, 1.82) is 0 Å². The van der Waals surface area contributed by atoms with Gasteiger partial charge >= 0.3 is 0 Å². The van der Waals surface area contributed by atoms with E-state index in [1.807, 2.05) is 0 Å². The maximum atomic E-state index is 11.2. The monoisotopic (exact) mass is 199 g/mol. The number of Topliss-reactive ketones (excluding diaryl/α,β-unsaturated/α-hetero) is 1. The highest BCUT2D eigenvalue weighted by molar-refractivity contribution is 5.93. The Bertz CT molecular complexity index is 298. The fourth-order valence-corrected chi connectivity index (χ4v) is 1.26. The molecule has 14 heavy (non-hydrogen) atoms. The van der Waals surface area contributed by atoms with Crippen molar-refractivity contribution in [1.82, 2.24) is 15.0 Å². The third-order valence-corrected chi connectivity index (χ3v) is 1.80. The Labute approximate surface area is 81.2 Å². The Kier molecular flexibility index (Phi) is 3.73. The molecule has 0 bridgehead atoms. The van der Waals surface area contributed by atoms with E-state index in [9.17, 15) is 4.79 Å². The van der Waals surface area contributed by atoms with Gasteiger partial charge in [-0.05, 0) is 0 Å². The zero-order valence-electron chi connectivity index (χ0n) is 7.97. The molecular weight excluding hydrogens is 186 g/mol. The summed E-state index contributed by atoms with van der Waals surface area (Å²) in [5.41, 5.74) is 0.849. The topological polar surface area (TPSA) is 88.2 Å². The molecule has 0 aliphatic heterocycles. The van der Waals surface area contributed by atoms with Crippen LogP contribution in [-0.2, 0) is 13.0 Å². The molecule has 0 spiro atoms. The van der Waals surface area contributed by atoms with E-state index in [0.29, 0.717) is 17.8 Å². The van der Waals surface area contributed by atoms with Crippen molar-refractivity contribution in [3.8, 4) is 0 Å². The molecule has 0 amide bonds. The molecule has 6 heteroatoms. The predicted octanol–water partition coefficient (Wildman–Crippen LogP) is -0.992. The van der Waals surface area contributed by atoms with Gasteiger partial charge in [-0.3, -0.25) is 4.79 Å². The zero-order valence-corrected chi connectivity index (χ0v) is 7.97. The molecule has 0 aliphatic carbocycles. The normalized spacial score (nSPS) is 10.5. The van der Waals surface area contributed by atoms with Crippen LogP contribution in [0.25, 0.3) is 0 Å². The van der Waals surface area contributed by atoms with E-state index in [-0.39, 0.29) is 25.5 Å². The summed E-state index contributed by atoms with van der Waals surface area (Å²) in [6, 6.07) is 0. The fourth-order valence-electron chi connectivity index (χ4n) is 1.26. The highest BCUT2D eigenvalue weighted by Crippen LogP contribution is 2.06. The van der Waals surface area contributed by atoms with Crippen molar-refractivity contribution in [3.63, 3.8) is 0 Å². The van der Waals surface area contributed by atoms with E-state index in [1.165, 1.54) is 11.6 Å². The van der Waals surface area contributed by atoms with Crippen molar-refractivity contribution in [3.05, 3.63) is 11.4 Å². The second kappa shape index (κ2) is 4.83. The number of carbonyl (C=O) groups is 1. The number of nitrogens with zero attached hydrogens (tertiary/aromatic N) is 3. The number of aliphatic hydroxyl groups excluding tert-OH is 2. The van der Waals surface area contributed by atoms with E-state index in [1.54, 1.807) is 0 Å². The second-order valence-electron chi connectivity index (χ2n) is 2.86. The first-order valence-electron chi connectivity index (χ1n) is 4.35. The lowest BCUT2D eigenvalue weighted by atomic mass is 10.2. The molecule has 78 valence electrons. The largest absolute Gasteiger partial charge is 0.396 e. The summed E-state index contributed by atoms with van der Waals surface area (Å²) in [5, 5.41) is 24.9. The average molecular weight is 199 g/mol. The highest BCUT2D eigenvalue weighted by Gasteiger charge is 2.15. The first-order chi connectivity index (χ1) is 6.70. The Balaban J connectivity index is 3.00. The van der Waals surface area contributed by atoms with E-state index in [4.69, 9.17) is 10.2 Å². The predicted molar refractivity (Wildman–Crippen MR) is 47.9 cm³/mol. The van der Waals surface area contributed by atoms with Crippen LogP contribution >= 0.6 is 0 Å². The molecule has 0 aromatic carbocycles. The van der Waals surface area contributed by atoms with Crippen LogP contribution in [0, 0.1) is 0 Å². The summed E-state index contributed by atoms with van der Waals surface area (Å²) in [4.78, 5) is 11.2. The number of aromatic nitrogens is 3. The third kappa shape index (κ3) is 2.15. The lowest BCUT2D eigenvalue weighted by Crippen LogP contribution is -2.12. The minimum atomic E-state index is -0.160. The molecule has 0 saturated carbocycles. The molecule has 1 heterocycles. The Morgan fingerprint density at radius 3 is 2.64 bits per heavy atom. The van der Waals surface area contributed by atoms with Crippen LogP contribution in [0.5, 0.6) is 0 Å². The van der Waals surface area contributed by atoms with Crippen LogP contribution in [0.3, 0.4) is 0 Å². The van der Waals surface area contributed by atoms with Crippen molar-refractivity contribution < 1.29 is 15.0 Å². The summed E-state index contributed by atoms with van der Waals surface area (Å²) in [6.45, 7) is 1.49. The molecule has 0 saturated heterocycles. The minimum absolute atomic E-state index is 0.0713. The lowest BCUT2D eigenvalue weighted by molar-refractivity contribution is 0.100. The number of hydrogen-bond acceptors (Lipinski definition) is 5. The summed E-state index contributed by atoms with van der Waals surface area (Å²) in [5.74, 6) is -0.160. The van der Waals surface area contributed by atoms with Crippen LogP contribution in [0.1, 0.15) is 23.1 Å². The molecule has 0 aliphatic rings. The maximum Gasteiger partial charge on any atom is 0.179 e. The van der Waals surface area contributed by atoms with Crippen LogP contribution in [0.4, 0.5) is 0 Å². The van der Waals surface area contributed by atoms with E-state index in [0.717, 1.165) is 0 Å². The van der Waals surface area contributed by atoms with Crippen molar-refractivity contribution in [2.24, 2.45) is 0 Å². The Morgan fingerprint density at radius 2 is 2.14 bits per heavy atom. The average Bonchev–Trinajstić information content (AvgIpc) is 2.49. The molecular formula is C8H13N3O3. The third-order valence-electron chi connectivity index (χ3n) is 1.80. The molecule has 6 nitrogen and oxygen atoms in total. The molecule has 0 atom stereocenters. The van der Waals surface area contributed by atoms with Gasteiger partial charge in [0.05, 0.1) is 18.8 Å². The van der Waals surface area contributed by atoms with Gasteiger partial charge < -0.3 is 10.2 Å². The van der Waals surface area contributed by atoms with Gasteiger partial charge in [0, 0.05) is 20.0 Å². The van der Waals surface area contributed by atoms with E-state index >= 15 is 0 Å². The Morgan fingerprint density at radius 1 is 1.43 bits per heavy atom. The Hall–Kier alpha value is -1.27. The minimum Gasteiger partial charge on any atom is -0.396 e. The van der Waals surface area contributed by atoms with Gasteiger partial charge in [0.15, 0.2) is 5.78 Å². The zero-order chi connectivity index (χ0) is 10.6. The summed E-state index contributed by atoms with van der Waals surface area (Å²) < 4.78 is 1.35. The van der Waals surface area contributed by atoms with Gasteiger partial charge in [-0.15, -0.1) is 5.10 Å². The number of hydrogen-bond donors (Lipinski definition) is 2. The van der Waals surface area contributed by atoms with Crippen molar-refractivity contribution >= 4 is 5.78 Å². The first kappa shape index (κ1) is 10.8. The van der Waals surface area contributed by atoms with Crippen LogP contribution in [0.2, 0.25) is 0 Å². The maximum absolute atomic E-state index is 11.2. The smallest absolute Gasteiger partial charge is 0.179 e. The summed E-state index contributed by atoms with van der Waals surface area (Å²) >= 11 is 0. The molecule has 1 rings (SSSR count). The van der Waals surface area contributed by atoms with Gasteiger partial charge in [0.1, 0.15) is 5.69 Å². The molecule has 0 unspecified atom stereocenters. The van der Waals surface area contributed by atoms with Crippen molar-refractivity contribution in [2.75, 3.05) is 13.2 Å². The van der Waals surface area contributed by atoms with Gasteiger partial charge in [-0.1, -0.05) is 5.21 Å². The van der Waals surface area contributed by atoms with E-state index in [2.05, 4.69) is 10.3 Å². The quantitative estimate of drug-likeness (QED) is 0.594. The molecule has 1 aromatic heterocycles. The van der Waals surface area contributed by atoms with Gasteiger partial charge in [-0.2, -0.15) is 0 Å². The molecule has 1 aromatic rings. The van der Waals surface area contributed by atoms with Crippen LogP contribution in [-0.4, -0.2) is 44.2 Å². The lowest BCUT2D eigenvalue weighted by Gasteiger charge is -2.01. The summed E-state index contributed by atoms with van der Waals surface area (Å²) in [6.07, 6.45) is 0.306. The van der Waals surface area contributed by atoms with Gasteiger partial charge in [0.25, 0.3) is 0 Å². The van der Waals surface area contributed by atoms with Crippen molar-refractivity contribution in [2.45, 2.75) is 19.9 Å². The second-order valence-corrected chi connectivity index (χ2v) is 2.86. The van der Waals surface area contributed by atoms with Gasteiger partial charge in [-0.25, -0.2) is 4.68 Å². The number of ketones is 1. The standard InChI is InChI=1S/C8H13N3O3/c1-6(14)8-7(2-4-12)9-10-11(8)3-5-13/h12-13H,2-5H2,1H3. The first-order valence-corrected chi connectivity index (χ1v) is 4.35. The SMILES string of the molecule is CC(=O)c1c(CCO)nnn1CCO. The number of carbonyl (C=O) groups excluding carboxylic acids is 1. The highest BCUT2D eigenvalue weighted by atomic mass is 16.3. The molecule has 0 fully saturated rings.